The second-order valence-corrected chi connectivity index (χ2v) is 4.92. The van der Waals surface area contributed by atoms with Gasteiger partial charge in [-0.2, -0.15) is 0 Å². The minimum atomic E-state index is -0.917. The summed E-state index contributed by atoms with van der Waals surface area (Å²) in [7, 11) is 3.99. The summed E-state index contributed by atoms with van der Waals surface area (Å²) in [4.78, 5) is 17.8. The third kappa shape index (κ3) is 3.83. The summed E-state index contributed by atoms with van der Waals surface area (Å²) in [6, 6.07) is 1.82. The summed E-state index contributed by atoms with van der Waals surface area (Å²) in [6.45, 7) is 2.78. The first-order valence-corrected chi connectivity index (χ1v) is 5.96. The van der Waals surface area contributed by atoms with Gasteiger partial charge in [-0.15, -0.1) is 11.8 Å². The van der Waals surface area contributed by atoms with Gasteiger partial charge in [0.15, 0.2) is 0 Å². The SMILES string of the molecule is Cc1cc(SCCN(C)C)c(C(=O)O)cn1. The normalized spacial score (nSPS) is 10.8. The standard InChI is InChI=1S/C11H16N2O2S/c1-8-6-10(16-5-4-13(2)3)9(7-12-8)11(14)15/h6-7H,4-5H2,1-3H3,(H,14,15). The molecule has 0 aliphatic heterocycles. The number of hydrogen-bond acceptors (Lipinski definition) is 4. The maximum Gasteiger partial charge on any atom is 0.338 e. The fourth-order valence-corrected chi connectivity index (χ4v) is 2.38. The van der Waals surface area contributed by atoms with Gasteiger partial charge in [-0.25, -0.2) is 4.79 Å². The van der Waals surface area contributed by atoms with Gasteiger partial charge in [-0.05, 0) is 27.1 Å². The molecule has 0 radical (unpaired) electrons. The van der Waals surface area contributed by atoms with E-state index in [1.54, 1.807) is 11.8 Å². The molecule has 0 bridgehead atoms. The van der Waals surface area contributed by atoms with E-state index < -0.39 is 5.97 Å². The van der Waals surface area contributed by atoms with Crippen molar-refractivity contribution in [3.8, 4) is 0 Å². The highest BCUT2D eigenvalue weighted by Gasteiger charge is 2.11. The van der Waals surface area contributed by atoms with E-state index in [4.69, 9.17) is 5.11 Å². The van der Waals surface area contributed by atoms with Crippen LogP contribution in [0, 0.1) is 6.92 Å². The third-order valence-electron chi connectivity index (χ3n) is 2.03. The smallest absolute Gasteiger partial charge is 0.338 e. The maximum absolute atomic E-state index is 11.0. The molecule has 1 heterocycles. The summed E-state index contributed by atoms with van der Waals surface area (Å²) in [5.41, 5.74) is 1.13. The Morgan fingerprint density at radius 3 is 2.81 bits per heavy atom. The zero-order chi connectivity index (χ0) is 12.1. The number of aryl methyl sites for hydroxylation is 1. The fraction of sp³-hybridized carbons (Fsp3) is 0.455. The number of aromatic nitrogens is 1. The molecule has 0 amide bonds. The molecule has 16 heavy (non-hydrogen) atoms. The maximum atomic E-state index is 11.0. The Morgan fingerprint density at radius 2 is 2.25 bits per heavy atom. The van der Waals surface area contributed by atoms with Crippen LogP contribution in [-0.2, 0) is 0 Å². The average Bonchev–Trinajstić information content (AvgIpc) is 2.16. The van der Waals surface area contributed by atoms with Crippen LogP contribution in [-0.4, -0.2) is 47.4 Å². The molecule has 0 atom stereocenters. The molecule has 88 valence electrons. The average molecular weight is 240 g/mol. The molecule has 5 heteroatoms. The van der Waals surface area contributed by atoms with Gasteiger partial charge in [0.05, 0.1) is 5.56 Å². The van der Waals surface area contributed by atoms with Crippen LogP contribution < -0.4 is 0 Å². The van der Waals surface area contributed by atoms with E-state index in [1.165, 1.54) is 6.20 Å². The largest absolute Gasteiger partial charge is 0.478 e. The summed E-state index contributed by atoms with van der Waals surface area (Å²) in [5, 5.41) is 9.00. The lowest BCUT2D eigenvalue weighted by Crippen LogP contribution is -2.15. The highest BCUT2D eigenvalue weighted by molar-refractivity contribution is 7.99. The third-order valence-corrected chi connectivity index (χ3v) is 3.06. The zero-order valence-electron chi connectivity index (χ0n) is 9.73. The van der Waals surface area contributed by atoms with Crippen LogP contribution in [0.25, 0.3) is 0 Å². The van der Waals surface area contributed by atoms with E-state index >= 15 is 0 Å². The number of rotatable bonds is 5. The lowest BCUT2D eigenvalue weighted by atomic mass is 10.2. The van der Waals surface area contributed by atoms with Crippen LogP contribution in [0.15, 0.2) is 17.2 Å². The Hall–Kier alpha value is -1.07. The molecule has 0 saturated carbocycles. The number of carbonyl (C=O) groups is 1. The van der Waals surface area contributed by atoms with Crippen molar-refractivity contribution in [2.45, 2.75) is 11.8 Å². The Morgan fingerprint density at radius 1 is 1.56 bits per heavy atom. The van der Waals surface area contributed by atoms with Crippen molar-refractivity contribution in [2.75, 3.05) is 26.4 Å². The number of nitrogens with zero attached hydrogens (tertiary/aromatic N) is 2. The van der Waals surface area contributed by atoms with E-state index in [-0.39, 0.29) is 5.56 Å². The summed E-state index contributed by atoms with van der Waals surface area (Å²) < 4.78 is 0. The quantitative estimate of drug-likeness (QED) is 0.794. The Labute approximate surface area is 99.7 Å². The molecule has 0 fully saturated rings. The van der Waals surface area contributed by atoms with E-state index in [9.17, 15) is 4.79 Å². The lowest BCUT2D eigenvalue weighted by Gasteiger charge is -2.10. The van der Waals surface area contributed by atoms with E-state index in [0.717, 1.165) is 22.9 Å². The first-order chi connectivity index (χ1) is 7.50. The molecule has 4 nitrogen and oxygen atoms in total. The monoisotopic (exact) mass is 240 g/mol. The van der Waals surface area contributed by atoms with Gasteiger partial charge in [-0.1, -0.05) is 0 Å². The molecule has 0 aromatic carbocycles. The van der Waals surface area contributed by atoms with E-state index in [1.807, 2.05) is 27.1 Å². The molecule has 0 saturated heterocycles. The molecule has 0 aliphatic rings. The number of carboxylic acid groups (broad SMARTS) is 1. The van der Waals surface area contributed by atoms with Crippen LogP contribution in [0.2, 0.25) is 0 Å². The molecule has 1 N–H and O–H groups in total. The molecular formula is C11H16N2O2S. The van der Waals surface area contributed by atoms with Gasteiger partial charge in [0, 0.05) is 29.1 Å². The second-order valence-electron chi connectivity index (χ2n) is 3.78. The van der Waals surface area contributed by atoms with Crippen LogP contribution in [0.3, 0.4) is 0 Å². The predicted molar refractivity (Wildman–Crippen MR) is 65.2 cm³/mol. The van der Waals surface area contributed by atoms with Crippen LogP contribution in [0.1, 0.15) is 16.1 Å². The van der Waals surface area contributed by atoms with Gasteiger partial charge in [-0.3, -0.25) is 4.98 Å². The number of carboxylic acids is 1. The van der Waals surface area contributed by atoms with Crippen molar-refractivity contribution in [1.29, 1.82) is 0 Å². The highest BCUT2D eigenvalue weighted by atomic mass is 32.2. The predicted octanol–water partition coefficient (Wildman–Crippen LogP) is 1.74. The van der Waals surface area contributed by atoms with Crippen molar-refractivity contribution in [3.05, 3.63) is 23.5 Å². The van der Waals surface area contributed by atoms with Crippen molar-refractivity contribution >= 4 is 17.7 Å². The van der Waals surface area contributed by atoms with Gasteiger partial charge in [0.1, 0.15) is 0 Å². The first kappa shape index (κ1) is 13.0. The lowest BCUT2D eigenvalue weighted by molar-refractivity contribution is 0.0692. The summed E-state index contributed by atoms with van der Waals surface area (Å²) in [6.07, 6.45) is 1.43. The first-order valence-electron chi connectivity index (χ1n) is 4.98. The van der Waals surface area contributed by atoms with Gasteiger partial charge in [0.2, 0.25) is 0 Å². The van der Waals surface area contributed by atoms with Gasteiger partial charge < -0.3 is 10.0 Å². The van der Waals surface area contributed by atoms with Gasteiger partial charge in [0.25, 0.3) is 0 Å². The van der Waals surface area contributed by atoms with Gasteiger partial charge >= 0.3 is 5.97 Å². The van der Waals surface area contributed by atoms with Crippen molar-refractivity contribution < 1.29 is 9.90 Å². The van der Waals surface area contributed by atoms with E-state index in [0.29, 0.717) is 0 Å². The highest BCUT2D eigenvalue weighted by Crippen LogP contribution is 2.22. The van der Waals surface area contributed by atoms with Crippen LogP contribution >= 0.6 is 11.8 Å². The minimum Gasteiger partial charge on any atom is -0.478 e. The Bertz CT molecular complexity index is 380. The zero-order valence-corrected chi connectivity index (χ0v) is 10.5. The van der Waals surface area contributed by atoms with Crippen molar-refractivity contribution in [3.63, 3.8) is 0 Å². The molecule has 0 aliphatic carbocycles. The molecule has 1 rings (SSSR count). The molecule has 1 aromatic rings. The summed E-state index contributed by atoms with van der Waals surface area (Å²) >= 11 is 1.56. The minimum absolute atomic E-state index is 0.286. The Kier molecular flexibility index (Phi) is 4.76. The topological polar surface area (TPSA) is 53.4 Å². The number of hydrogen-bond donors (Lipinski definition) is 1. The number of pyridine rings is 1. The second kappa shape index (κ2) is 5.86. The molecule has 0 spiro atoms. The van der Waals surface area contributed by atoms with Crippen molar-refractivity contribution in [2.24, 2.45) is 0 Å². The summed E-state index contributed by atoms with van der Waals surface area (Å²) in [5.74, 6) is -0.0450. The molecule has 1 aromatic heterocycles. The fourth-order valence-electron chi connectivity index (χ4n) is 1.15. The van der Waals surface area contributed by atoms with E-state index in [2.05, 4.69) is 9.88 Å². The Balaban J connectivity index is 2.76. The number of thioether (sulfide) groups is 1. The molecular weight excluding hydrogens is 224 g/mol. The van der Waals surface area contributed by atoms with Crippen LogP contribution in [0.4, 0.5) is 0 Å². The number of aromatic carboxylic acids is 1. The molecule has 0 unspecified atom stereocenters. The van der Waals surface area contributed by atoms with Crippen molar-refractivity contribution in [1.82, 2.24) is 9.88 Å². The van der Waals surface area contributed by atoms with Crippen LogP contribution in [0.5, 0.6) is 0 Å².